The first-order valence-electron chi connectivity index (χ1n) is 6.74. The lowest BCUT2D eigenvalue weighted by molar-refractivity contribution is 0.301. The summed E-state index contributed by atoms with van der Waals surface area (Å²) in [6, 6.07) is 10.1. The number of fused-ring (bicyclic) bond motifs is 1. The van der Waals surface area contributed by atoms with Gasteiger partial charge in [0.05, 0.1) is 12.1 Å². The fourth-order valence-corrected chi connectivity index (χ4v) is 2.29. The molecule has 1 heterocycles. The summed E-state index contributed by atoms with van der Waals surface area (Å²) in [6.45, 7) is 4.23. The summed E-state index contributed by atoms with van der Waals surface area (Å²) in [5.41, 5.74) is 7.89. The molecule has 102 valence electrons. The number of nitrogens with two attached hydrogens (primary N) is 1. The predicted octanol–water partition coefficient (Wildman–Crippen LogP) is 1.90. The van der Waals surface area contributed by atoms with Crippen LogP contribution in [0.25, 0.3) is 10.9 Å². The molecule has 0 spiro atoms. The van der Waals surface area contributed by atoms with E-state index in [-0.39, 0.29) is 6.61 Å². The number of nitrogens with zero attached hydrogens (tertiary/aromatic N) is 2. The van der Waals surface area contributed by atoms with E-state index < -0.39 is 0 Å². The van der Waals surface area contributed by atoms with E-state index >= 15 is 0 Å². The number of aliphatic hydroxyl groups excluding tert-OH is 1. The lowest BCUT2D eigenvalue weighted by Gasteiger charge is -2.23. The Kier molecular flexibility index (Phi) is 4.71. The van der Waals surface area contributed by atoms with Crippen molar-refractivity contribution in [2.75, 3.05) is 24.6 Å². The van der Waals surface area contributed by atoms with E-state index in [1.165, 1.54) is 0 Å². The fourth-order valence-electron chi connectivity index (χ4n) is 2.29. The highest BCUT2D eigenvalue weighted by Crippen LogP contribution is 2.22. The zero-order valence-electron chi connectivity index (χ0n) is 11.3. The minimum atomic E-state index is 0.131. The molecule has 0 saturated heterocycles. The Hall–Kier alpha value is -1.65. The Bertz CT molecular complexity index is 536. The van der Waals surface area contributed by atoms with Crippen LogP contribution >= 0.6 is 0 Å². The summed E-state index contributed by atoms with van der Waals surface area (Å²) in [6.07, 6.45) is 1.02. The van der Waals surface area contributed by atoms with E-state index in [0.717, 1.165) is 35.2 Å². The number of aliphatic hydroxyl groups is 1. The maximum Gasteiger partial charge on any atom is 0.129 e. The first-order chi connectivity index (χ1) is 9.30. The van der Waals surface area contributed by atoms with Crippen molar-refractivity contribution in [1.29, 1.82) is 0 Å². The number of hydrogen-bond donors (Lipinski definition) is 2. The topological polar surface area (TPSA) is 62.4 Å². The van der Waals surface area contributed by atoms with Gasteiger partial charge in [0, 0.05) is 25.0 Å². The lowest BCUT2D eigenvalue weighted by Crippen LogP contribution is -2.28. The smallest absolute Gasteiger partial charge is 0.129 e. The molecule has 1 aromatic carbocycles. The molecule has 0 amide bonds. The summed E-state index contributed by atoms with van der Waals surface area (Å²) >= 11 is 0. The molecule has 0 aliphatic heterocycles. The SMILES string of the molecule is CCCN(CCO)c1cc(CN)c2ccccc2n1. The third kappa shape index (κ3) is 3.03. The molecular formula is C15H21N3O. The summed E-state index contributed by atoms with van der Waals surface area (Å²) in [4.78, 5) is 6.78. The second kappa shape index (κ2) is 6.50. The fraction of sp³-hybridized carbons (Fsp3) is 0.400. The number of hydrogen-bond acceptors (Lipinski definition) is 4. The zero-order valence-corrected chi connectivity index (χ0v) is 11.3. The van der Waals surface area contributed by atoms with Crippen molar-refractivity contribution in [1.82, 2.24) is 4.98 Å². The third-order valence-corrected chi connectivity index (χ3v) is 3.20. The van der Waals surface area contributed by atoms with Crippen molar-refractivity contribution in [3.05, 3.63) is 35.9 Å². The van der Waals surface area contributed by atoms with Crippen LogP contribution in [0.15, 0.2) is 30.3 Å². The molecule has 1 aromatic heterocycles. The molecule has 2 aromatic rings. The van der Waals surface area contributed by atoms with Gasteiger partial charge in [0.1, 0.15) is 5.82 Å². The van der Waals surface area contributed by atoms with E-state index in [1.54, 1.807) is 0 Å². The van der Waals surface area contributed by atoms with E-state index in [2.05, 4.69) is 16.8 Å². The minimum absolute atomic E-state index is 0.131. The number of pyridine rings is 1. The first kappa shape index (κ1) is 13.8. The van der Waals surface area contributed by atoms with Crippen molar-refractivity contribution in [2.24, 2.45) is 5.73 Å². The molecule has 19 heavy (non-hydrogen) atoms. The van der Waals surface area contributed by atoms with E-state index in [0.29, 0.717) is 13.1 Å². The van der Waals surface area contributed by atoms with Gasteiger partial charge in [-0.1, -0.05) is 25.1 Å². The van der Waals surface area contributed by atoms with Gasteiger partial charge in [0.25, 0.3) is 0 Å². The molecular weight excluding hydrogens is 238 g/mol. The van der Waals surface area contributed by atoms with E-state index in [1.807, 2.05) is 30.3 Å². The van der Waals surface area contributed by atoms with Crippen LogP contribution in [-0.2, 0) is 6.54 Å². The van der Waals surface area contributed by atoms with Gasteiger partial charge in [0.15, 0.2) is 0 Å². The molecule has 0 aliphatic rings. The Morgan fingerprint density at radius 2 is 2.05 bits per heavy atom. The van der Waals surface area contributed by atoms with Gasteiger partial charge in [-0.25, -0.2) is 4.98 Å². The van der Waals surface area contributed by atoms with Gasteiger partial charge in [-0.05, 0) is 24.1 Å². The summed E-state index contributed by atoms with van der Waals surface area (Å²) < 4.78 is 0. The normalized spacial score (nSPS) is 10.9. The molecule has 0 bridgehead atoms. The summed E-state index contributed by atoms with van der Waals surface area (Å²) in [5.74, 6) is 0.898. The van der Waals surface area contributed by atoms with Crippen LogP contribution in [0.4, 0.5) is 5.82 Å². The highest BCUT2D eigenvalue weighted by molar-refractivity contribution is 5.84. The van der Waals surface area contributed by atoms with Crippen molar-refractivity contribution < 1.29 is 5.11 Å². The van der Waals surface area contributed by atoms with Crippen molar-refractivity contribution in [2.45, 2.75) is 19.9 Å². The Morgan fingerprint density at radius 1 is 1.26 bits per heavy atom. The van der Waals surface area contributed by atoms with Gasteiger partial charge >= 0.3 is 0 Å². The highest BCUT2D eigenvalue weighted by Gasteiger charge is 2.10. The van der Waals surface area contributed by atoms with Crippen LogP contribution in [0.2, 0.25) is 0 Å². The second-order valence-electron chi connectivity index (χ2n) is 4.57. The molecule has 0 atom stereocenters. The quantitative estimate of drug-likeness (QED) is 0.831. The van der Waals surface area contributed by atoms with Gasteiger partial charge in [-0.15, -0.1) is 0 Å². The van der Waals surface area contributed by atoms with Crippen molar-refractivity contribution >= 4 is 16.7 Å². The molecule has 0 saturated carbocycles. The Labute approximate surface area is 113 Å². The maximum atomic E-state index is 9.17. The Morgan fingerprint density at radius 3 is 2.74 bits per heavy atom. The zero-order chi connectivity index (χ0) is 13.7. The van der Waals surface area contributed by atoms with Crippen LogP contribution in [0.1, 0.15) is 18.9 Å². The van der Waals surface area contributed by atoms with Crippen LogP contribution in [-0.4, -0.2) is 29.8 Å². The van der Waals surface area contributed by atoms with Crippen LogP contribution in [0.3, 0.4) is 0 Å². The summed E-state index contributed by atoms with van der Waals surface area (Å²) in [5, 5.41) is 10.3. The highest BCUT2D eigenvalue weighted by atomic mass is 16.3. The molecule has 0 unspecified atom stereocenters. The number of benzene rings is 1. The average Bonchev–Trinajstić information content (AvgIpc) is 2.46. The molecule has 3 N–H and O–H groups in total. The van der Waals surface area contributed by atoms with Crippen molar-refractivity contribution in [3.63, 3.8) is 0 Å². The second-order valence-corrected chi connectivity index (χ2v) is 4.57. The monoisotopic (exact) mass is 259 g/mol. The molecule has 0 radical (unpaired) electrons. The summed E-state index contributed by atoms with van der Waals surface area (Å²) in [7, 11) is 0. The van der Waals surface area contributed by atoms with Gasteiger partial charge < -0.3 is 15.7 Å². The number of rotatable bonds is 6. The molecule has 0 aliphatic carbocycles. The van der Waals surface area contributed by atoms with Gasteiger partial charge in [-0.3, -0.25) is 0 Å². The van der Waals surface area contributed by atoms with Crippen molar-refractivity contribution in [3.8, 4) is 0 Å². The lowest BCUT2D eigenvalue weighted by atomic mass is 10.1. The molecule has 4 nitrogen and oxygen atoms in total. The van der Waals surface area contributed by atoms with Crippen LogP contribution in [0, 0.1) is 0 Å². The molecule has 4 heteroatoms. The minimum Gasteiger partial charge on any atom is -0.395 e. The maximum absolute atomic E-state index is 9.17. The van der Waals surface area contributed by atoms with Gasteiger partial charge in [-0.2, -0.15) is 0 Å². The molecule has 0 fully saturated rings. The number of para-hydroxylation sites is 1. The van der Waals surface area contributed by atoms with Crippen LogP contribution in [0.5, 0.6) is 0 Å². The third-order valence-electron chi connectivity index (χ3n) is 3.20. The van der Waals surface area contributed by atoms with E-state index in [9.17, 15) is 5.11 Å². The molecule has 2 rings (SSSR count). The number of anilines is 1. The van der Waals surface area contributed by atoms with E-state index in [4.69, 9.17) is 5.73 Å². The van der Waals surface area contributed by atoms with Gasteiger partial charge in [0.2, 0.25) is 0 Å². The van der Waals surface area contributed by atoms with Crippen LogP contribution < -0.4 is 10.6 Å². The predicted molar refractivity (Wildman–Crippen MR) is 79.2 cm³/mol. The average molecular weight is 259 g/mol. The standard InChI is InChI=1S/C15H21N3O/c1-2-7-18(8-9-19)15-10-12(11-16)13-5-3-4-6-14(13)17-15/h3-6,10,19H,2,7-9,11,16H2,1H3. The Balaban J connectivity index is 2.47. The first-order valence-corrected chi connectivity index (χ1v) is 6.74. The largest absolute Gasteiger partial charge is 0.395 e. The number of aromatic nitrogens is 1.